The topological polar surface area (TPSA) is 95.6 Å². The first kappa shape index (κ1) is 22.5. The van der Waals surface area contributed by atoms with E-state index in [1.807, 2.05) is 28.8 Å². The van der Waals surface area contributed by atoms with E-state index < -0.39 is 0 Å². The van der Waals surface area contributed by atoms with Gasteiger partial charge in [-0.1, -0.05) is 24.3 Å². The molecule has 0 bridgehead atoms. The van der Waals surface area contributed by atoms with Crippen molar-refractivity contribution in [2.24, 2.45) is 0 Å². The van der Waals surface area contributed by atoms with Crippen LogP contribution in [0.25, 0.3) is 0 Å². The number of rotatable bonds is 7. The zero-order chi connectivity index (χ0) is 23.0. The minimum absolute atomic E-state index is 0.102. The summed E-state index contributed by atoms with van der Waals surface area (Å²) in [5, 5.41) is 11.9. The summed E-state index contributed by atoms with van der Waals surface area (Å²) in [7, 11) is 0. The van der Waals surface area contributed by atoms with Crippen molar-refractivity contribution >= 4 is 29.3 Å². The third-order valence-corrected chi connectivity index (χ3v) is 6.14. The number of anilines is 1. The van der Waals surface area contributed by atoms with E-state index in [-0.39, 0.29) is 24.2 Å². The Hall–Kier alpha value is -3.70. The van der Waals surface area contributed by atoms with Crippen molar-refractivity contribution in [3.63, 3.8) is 0 Å². The minimum Gasteiger partial charge on any atom is -0.484 e. The van der Waals surface area contributed by atoms with Gasteiger partial charge in [-0.25, -0.2) is 0 Å². The Morgan fingerprint density at radius 2 is 1.82 bits per heavy atom. The molecule has 2 heterocycles. The third kappa shape index (κ3) is 5.96. The van der Waals surface area contributed by atoms with Crippen molar-refractivity contribution < 1.29 is 18.7 Å². The van der Waals surface area contributed by atoms with E-state index in [1.54, 1.807) is 48.5 Å². The van der Waals surface area contributed by atoms with Gasteiger partial charge in [-0.05, 0) is 42.0 Å². The predicted octanol–water partition coefficient (Wildman–Crippen LogP) is 4.10. The van der Waals surface area contributed by atoms with Crippen molar-refractivity contribution in [3.05, 3.63) is 83.3 Å². The Kier molecular flexibility index (Phi) is 7.33. The Morgan fingerprint density at radius 1 is 1.06 bits per heavy atom. The molecule has 1 N–H and O–H groups in total. The minimum atomic E-state index is -0.381. The van der Waals surface area contributed by atoms with Gasteiger partial charge in [-0.3, -0.25) is 9.59 Å². The van der Waals surface area contributed by atoms with Gasteiger partial charge in [0.25, 0.3) is 5.91 Å². The molecule has 3 aromatic rings. The van der Waals surface area contributed by atoms with Crippen LogP contribution < -0.4 is 10.1 Å². The number of nitrogens with zero attached hydrogens (tertiary/aromatic N) is 2. The number of carbonyl (C=O) groups is 2. The normalized spacial score (nSPS) is 13.2. The molecule has 33 heavy (non-hydrogen) atoms. The van der Waals surface area contributed by atoms with Crippen molar-refractivity contribution in [2.75, 3.05) is 29.9 Å². The van der Waals surface area contributed by atoms with Crippen LogP contribution in [0.5, 0.6) is 5.75 Å². The zero-order valence-electron chi connectivity index (χ0n) is 18.0. The molecule has 4 rings (SSSR count). The molecule has 2 amide bonds. The highest BCUT2D eigenvalue weighted by atomic mass is 32.2. The molecule has 168 valence electrons. The van der Waals surface area contributed by atoms with Gasteiger partial charge in [0.15, 0.2) is 5.76 Å². The van der Waals surface area contributed by atoms with Crippen molar-refractivity contribution in [3.8, 4) is 11.8 Å². The predicted molar refractivity (Wildman–Crippen MR) is 126 cm³/mol. The number of nitriles is 1. The van der Waals surface area contributed by atoms with Crippen LogP contribution in [-0.2, 0) is 17.8 Å². The summed E-state index contributed by atoms with van der Waals surface area (Å²) in [5.74, 6) is 2.82. The van der Waals surface area contributed by atoms with Crippen LogP contribution in [-0.4, -0.2) is 41.3 Å². The lowest BCUT2D eigenvalue weighted by Crippen LogP contribution is -2.38. The molecular formula is C25H23N3O4S. The molecule has 0 saturated carbocycles. The number of carbonyl (C=O) groups excluding carboxylic acids is 2. The number of nitrogens with one attached hydrogen (secondary N) is 1. The first-order valence-electron chi connectivity index (χ1n) is 10.6. The summed E-state index contributed by atoms with van der Waals surface area (Å²) in [4.78, 5) is 26.8. The van der Waals surface area contributed by atoms with E-state index in [9.17, 15) is 9.59 Å². The summed E-state index contributed by atoms with van der Waals surface area (Å²) < 4.78 is 11.2. The van der Waals surface area contributed by atoms with Crippen molar-refractivity contribution in [1.29, 1.82) is 5.26 Å². The van der Waals surface area contributed by atoms with Crippen LogP contribution >= 0.6 is 11.8 Å². The van der Waals surface area contributed by atoms with Gasteiger partial charge in [0.1, 0.15) is 24.2 Å². The number of para-hydroxylation sites is 1. The molecule has 1 saturated heterocycles. The van der Waals surface area contributed by atoms with Crippen LogP contribution in [0.1, 0.15) is 27.4 Å². The van der Waals surface area contributed by atoms with E-state index in [0.717, 1.165) is 30.2 Å². The Labute approximate surface area is 196 Å². The zero-order valence-corrected chi connectivity index (χ0v) is 18.8. The van der Waals surface area contributed by atoms with Gasteiger partial charge in [0.2, 0.25) is 5.91 Å². The molecule has 2 aromatic carbocycles. The Balaban J connectivity index is 1.30. The van der Waals surface area contributed by atoms with Crippen molar-refractivity contribution in [1.82, 2.24) is 4.90 Å². The summed E-state index contributed by atoms with van der Waals surface area (Å²) in [5.41, 5.74) is 1.95. The molecule has 0 unspecified atom stereocenters. The third-order valence-electron chi connectivity index (χ3n) is 5.19. The number of hydrogen-bond acceptors (Lipinski definition) is 6. The number of benzene rings is 2. The first-order chi connectivity index (χ1) is 16.1. The molecule has 8 heteroatoms. The van der Waals surface area contributed by atoms with E-state index in [0.29, 0.717) is 29.2 Å². The van der Waals surface area contributed by atoms with Gasteiger partial charge in [-0.15, -0.1) is 0 Å². The molecule has 1 aliphatic heterocycles. The molecule has 0 spiro atoms. The second-order valence-corrected chi connectivity index (χ2v) is 8.71. The second-order valence-electron chi connectivity index (χ2n) is 7.48. The fraction of sp³-hybridized carbons (Fsp3) is 0.240. The molecular weight excluding hydrogens is 438 g/mol. The highest BCUT2D eigenvalue weighted by molar-refractivity contribution is 7.99. The highest BCUT2D eigenvalue weighted by Crippen LogP contribution is 2.20. The Bertz CT molecular complexity index is 1160. The SMILES string of the molecule is N#Cc1ccccc1OCc1ccc(C(=O)Nc2ccc(CC(=O)N3CCSCC3)cc2)o1. The van der Waals surface area contributed by atoms with Gasteiger partial charge < -0.3 is 19.4 Å². The Morgan fingerprint density at radius 3 is 2.58 bits per heavy atom. The van der Waals surface area contributed by atoms with E-state index in [4.69, 9.17) is 14.4 Å². The molecule has 1 fully saturated rings. The molecule has 1 aromatic heterocycles. The summed E-state index contributed by atoms with van der Waals surface area (Å²) in [6, 6.07) is 19.5. The number of amides is 2. The van der Waals surface area contributed by atoms with Crippen molar-refractivity contribution in [2.45, 2.75) is 13.0 Å². The maximum atomic E-state index is 12.5. The van der Waals surface area contributed by atoms with E-state index >= 15 is 0 Å². The molecule has 0 aliphatic carbocycles. The monoisotopic (exact) mass is 461 g/mol. The number of furan rings is 1. The summed E-state index contributed by atoms with van der Waals surface area (Å²) >= 11 is 1.87. The lowest BCUT2D eigenvalue weighted by Gasteiger charge is -2.26. The fourth-order valence-electron chi connectivity index (χ4n) is 3.41. The fourth-order valence-corrected chi connectivity index (χ4v) is 4.31. The van der Waals surface area contributed by atoms with Crippen LogP contribution in [0.3, 0.4) is 0 Å². The summed E-state index contributed by atoms with van der Waals surface area (Å²) in [6.07, 6.45) is 0.357. The largest absolute Gasteiger partial charge is 0.484 e. The maximum absolute atomic E-state index is 12.5. The van der Waals surface area contributed by atoms with E-state index in [1.165, 1.54) is 0 Å². The van der Waals surface area contributed by atoms with Crippen LogP contribution in [0, 0.1) is 11.3 Å². The first-order valence-corrected chi connectivity index (χ1v) is 11.7. The average molecular weight is 462 g/mol. The van der Waals surface area contributed by atoms with Gasteiger partial charge >= 0.3 is 0 Å². The molecule has 7 nitrogen and oxygen atoms in total. The van der Waals surface area contributed by atoms with Gasteiger partial charge in [-0.2, -0.15) is 17.0 Å². The van der Waals surface area contributed by atoms with Gasteiger partial charge in [0, 0.05) is 30.3 Å². The second kappa shape index (κ2) is 10.7. The quantitative estimate of drug-likeness (QED) is 0.569. The smallest absolute Gasteiger partial charge is 0.291 e. The number of ether oxygens (including phenoxy) is 1. The van der Waals surface area contributed by atoms with Gasteiger partial charge in [0.05, 0.1) is 12.0 Å². The standard InChI is InChI=1S/C25H23N3O4S/c26-16-19-3-1-2-4-22(19)31-17-21-9-10-23(32-21)25(30)27-20-7-5-18(6-8-20)15-24(29)28-11-13-33-14-12-28/h1-10H,11-15,17H2,(H,27,30). The van der Waals surface area contributed by atoms with E-state index in [2.05, 4.69) is 11.4 Å². The lowest BCUT2D eigenvalue weighted by atomic mass is 10.1. The lowest BCUT2D eigenvalue weighted by molar-refractivity contribution is -0.130. The van der Waals surface area contributed by atoms with Crippen LogP contribution in [0.15, 0.2) is 65.1 Å². The molecule has 0 radical (unpaired) electrons. The van der Waals surface area contributed by atoms with Crippen LogP contribution in [0.4, 0.5) is 5.69 Å². The maximum Gasteiger partial charge on any atom is 0.291 e. The number of thioether (sulfide) groups is 1. The summed E-state index contributed by atoms with van der Waals surface area (Å²) in [6.45, 7) is 1.71. The molecule has 1 aliphatic rings. The van der Waals surface area contributed by atoms with Crippen LogP contribution in [0.2, 0.25) is 0 Å². The number of hydrogen-bond donors (Lipinski definition) is 1. The average Bonchev–Trinajstić information content (AvgIpc) is 3.34. The molecule has 0 atom stereocenters. The highest BCUT2D eigenvalue weighted by Gasteiger charge is 2.17.